The number of hydrogen-bond donors (Lipinski definition) is 2. The quantitative estimate of drug-likeness (QED) is 0.472. The van der Waals surface area contributed by atoms with Crippen molar-refractivity contribution in [3.63, 3.8) is 0 Å². The standard InChI is InChI=1S/C25H23FN4O3.C2HF3O2/c1-14-15(2)23(31)28-27-21(14)11-16-8-9-20(26)19(10-16)24(32)29-13-18-12-22(29)25(33)30(18)17-6-4-3-5-7-17;3-2(4,5)1(6)7/h3-10,18,22H,11-13H2,1-2H3,(H,28,31);(H,6,7)/t18-,22-;/m0./s1. The van der Waals surface area contributed by atoms with Gasteiger partial charge in [0.25, 0.3) is 11.5 Å². The lowest BCUT2D eigenvalue weighted by molar-refractivity contribution is -0.192. The molecule has 0 aliphatic carbocycles. The van der Waals surface area contributed by atoms with Gasteiger partial charge in [-0.05, 0) is 55.7 Å². The van der Waals surface area contributed by atoms with Gasteiger partial charge in [-0.2, -0.15) is 18.3 Å². The number of amides is 2. The number of piperazine rings is 1. The summed E-state index contributed by atoms with van der Waals surface area (Å²) in [6.07, 6.45) is -4.20. The Bertz CT molecular complexity index is 1520. The lowest BCUT2D eigenvalue weighted by Gasteiger charge is -2.34. The molecular weight excluding hydrogens is 536 g/mol. The van der Waals surface area contributed by atoms with Gasteiger partial charge in [0.2, 0.25) is 5.91 Å². The molecule has 2 aromatic carbocycles. The number of aliphatic carboxylic acids is 1. The molecule has 2 amide bonds. The van der Waals surface area contributed by atoms with E-state index >= 15 is 0 Å². The number of aromatic nitrogens is 2. The lowest BCUT2D eigenvalue weighted by atomic mass is 10.0. The Balaban J connectivity index is 0.000000470. The van der Waals surface area contributed by atoms with Gasteiger partial charge in [-0.25, -0.2) is 14.3 Å². The second-order valence-electron chi connectivity index (χ2n) is 9.45. The van der Waals surface area contributed by atoms with E-state index in [1.165, 1.54) is 17.0 Å². The Kier molecular flexibility index (Phi) is 7.76. The Morgan fingerprint density at radius 1 is 1.07 bits per heavy atom. The molecule has 0 unspecified atom stereocenters. The summed E-state index contributed by atoms with van der Waals surface area (Å²) in [5.74, 6) is -4.00. The summed E-state index contributed by atoms with van der Waals surface area (Å²) in [5, 5.41) is 13.7. The average molecular weight is 561 g/mol. The van der Waals surface area contributed by atoms with Crippen LogP contribution in [0, 0.1) is 19.7 Å². The number of aromatic amines is 1. The Morgan fingerprint density at radius 3 is 2.33 bits per heavy atom. The van der Waals surface area contributed by atoms with Crippen LogP contribution in [-0.2, 0) is 16.0 Å². The predicted octanol–water partition coefficient (Wildman–Crippen LogP) is 3.38. The van der Waals surface area contributed by atoms with E-state index in [9.17, 15) is 31.9 Å². The van der Waals surface area contributed by atoms with Crippen LogP contribution in [-0.4, -0.2) is 62.8 Å². The first-order chi connectivity index (χ1) is 18.8. The molecule has 0 radical (unpaired) electrons. The molecule has 0 spiro atoms. The van der Waals surface area contributed by atoms with E-state index in [1.807, 2.05) is 37.3 Å². The van der Waals surface area contributed by atoms with Gasteiger partial charge in [0.1, 0.15) is 11.9 Å². The van der Waals surface area contributed by atoms with Crippen LogP contribution < -0.4 is 10.5 Å². The first-order valence-electron chi connectivity index (χ1n) is 12.1. The zero-order chi connectivity index (χ0) is 29.4. The molecule has 2 N–H and O–H groups in total. The van der Waals surface area contributed by atoms with E-state index in [0.717, 1.165) is 11.3 Å². The summed E-state index contributed by atoms with van der Waals surface area (Å²) >= 11 is 0. The fourth-order valence-electron chi connectivity index (χ4n) is 4.77. The minimum absolute atomic E-state index is 0.0575. The summed E-state index contributed by atoms with van der Waals surface area (Å²) in [4.78, 5) is 50.1. The van der Waals surface area contributed by atoms with E-state index in [2.05, 4.69) is 10.2 Å². The van der Waals surface area contributed by atoms with E-state index < -0.39 is 29.9 Å². The molecule has 0 saturated carbocycles. The summed E-state index contributed by atoms with van der Waals surface area (Å²) in [5.41, 5.74) is 3.21. The number of anilines is 1. The van der Waals surface area contributed by atoms with Gasteiger partial charge < -0.3 is 14.9 Å². The smallest absolute Gasteiger partial charge is 0.475 e. The molecule has 3 aromatic rings. The fraction of sp³-hybridized carbons (Fsp3) is 0.296. The number of nitrogens with zero attached hydrogens (tertiary/aromatic N) is 3. The van der Waals surface area contributed by atoms with Crippen LogP contribution in [0.15, 0.2) is 53.3 Å². The van der Waals surface area contributed by atoms with Crippen molar-refractivity contribution in [1.29, 1.82) is 0 Å². The number of halogens is 4. The Labute approximate surface area is 225 Å². The maximum Gasteiger partial charge on any atom is 0.490 e. The second-order valence-corrected chi connectivity index (χ2v) is 9.45. The molecule has 2 aliphatic heterocycles. The van der Waals surface area contributed by atoms with Crippen molar-refractivity contribution in [2.75, 3.05) is 11.4 Å². The molecular formula is C27H24F4N4O5. The number of hydrogen-bond acceptors (Lipinski definition) is 5. The average Bonchev–Trinajstić information content (AvgIpc) is 3.48. The van der Waals surface area contributed by atoms with Crippen LogP contribution >= 0.6 is 0 Å². The van der Waals surface area contributed by atoms with Gasteiger partial charge in [-0.3, -0.25) is 14.4 Å². The number of alkyl halides is 3. The number of likely N-dealkylation sites (tertiary alicyclic amines) is 1. The van der Waals surface area contributed by atoms with E-state index in [4.69, 9.17) is 9.90 Å². The third-order valence-electron chi connectivity index (χ3n) is 6.97. The minimum Gasteiger partial charge on any atom is -0.475 e. The summed E-state index contributed by atoms with van der Waals surface area (Å²) in [7, 11) is 0. The van der Waals surface area contributed by atoms with Gasteiger partial charge >= 0.3 is 12.1 Å². The topological polar surface area (TPSA) is 124 Å². The Morgan fingerprint density at radius 2 is 1.73 bits per heavy atom. The highest BCUT2D eigenvalue weighted by Crippen LogP contribution is 2.36. The van der Waals surface area contributed by atoms with Crippen molar-refractivity contribution in [2.45, 2.75) is 44.9 Å². The van der Waals surface area contributed by atoms with Crippen molar-refractivity contribution in [3.05, 3.63) is 92.6 Å². The third kappa shape index (κ3) is 5.58. The third-order valence-corrected chi connectivity index (χ3v) is 6.97. The minimum atomic E-state index is -5.08. The van der Waals surface area contributed by atoms with Gasteiger partial charge in [0, 0.05) is 24.2 Å². The van der Waals surface area contributed by atoms with Gasteiger partial charge in [-0.15, -0.1) is 0 Å². The maximum atomic E-state index is 14.7. The molecule has 2 aliphatic rings. The van der Waals surface area contributed by atoms with Crippen LogP contribution in [0.25, 0.3) is 0 Å². The molecule has 9 nitrogen and oxygen atoms in total. The van der Waals surface area contributed by atoms with Gasteiger partial charge in [0.05, 0.1) is 17.3 Å². The molecule has 5 rings (SSSR count). The number of para-hydroxylation sites is 1. The molecule has 40 heavy (non-hydrogen) atoms. The number of H-pyrrole nitrogens is 1. The zero-order valence-electron chi connectivity index (χ0n) is 21.3. The lowest BCUT2D eigenvalue weighted by Crippen LogP contribution is -2.52. The first kappa shape index (κ1) is 28.5. The number of benzene rings is 2. The van der Waals surface area contributed by atoms with Gasteiger partial charge in [-0.1, -0.05) is 24.3 Å². The van der Waals surface area contributed by atoms with Gasteiger partial charge in [0.15, 0.2) is 0 Å². The number of nitrogens with one attached hydrogen (secondary N) is 1. The van der Waals surface area contributed by atoms with Crippen molar-refractivity contribution < 1.29 is 37.1 Å². The molecule has 3 heterocycles. The number of carbonyl (C=O) groups is 3. The van der Waals surface area contributed by atoms with Crippen LogP contribution in [0.5, 0.6) is 0 Å². The molecule has 2 atom stereocenters. The van der Waals surface area contributed by atoms with Crippen molar-refractivity contribution in [2.24, 2.45) is 0 Å². The first-order valence-corrected chi connectivity index (χ1v) is 12.1. The van der Waals surface area contributed by atoms with Crippen LogP contribution in [0.2, 0.25) is 0 Å². The van der Waals surface area contributed by atoms with E-state index in [0.29, 0.717) is 36.2 Å². The van der Waals surface area contributed by atoms with Crippen molar-refractivity contribution in [1.82, 2.24) is 15.1 Å². The number of rotatable bonds is 4. The molecule has 2 fully saturated rings. The van der Waals surface area contributed by atoms with Crippen molar-refractivity contribution >= 4 is 23.5 Å². The highest BCUT2D eigenvalue weighted by atomic mass is 19.4. The Hall–Kier alpha value is -4.55. The van der Waals surface area contributed by atoms with E-state index in [-0.39, 0.29) is 23.1 Å². The van der Waals surface area contributed by atoms with Crippen LogP contribution in [0.4, 0.5) is 23.2 Å². The molecule has 2 bridgehead atoms. The largest absolute Gasteiger partial charge is 0.490 e. The number of fused-ring (bicyclic) bond motifs is 2. The predicted molar refractivity (Wildman–Crippen MR) is 134 cm³/mol. The normalized spacial score (nSPS) is 18.0. The highest BCUT2D eigenvalue weighted by Gasteiger charge is 2.52. The van der Waals surface area contributed by atoms with Crippen molar-refractivity contribution in [3.8, 4) is 0 Å². The molecule has 210 valence electrons. The highest BCUT2D eigenvalue weighted by molar-refractivity contribution is 6.06. The maximum absolute atomic E-state index is 14.7. The van der Waals surface area contributed by atoms with Crippen LogP contribution in [0.1, 0.15) is 39.2 Å². The van der Waals surface area contributed by atoms with Crippen LogP contribution in [0.3, 0.4) is 0 Å². The number of carboxylic acid groups (broad SMARTS) is 1. The summed E-state index contributed by atoms with van der Waals surface area (Å²) < 4.78 is 46.4. The number of carbonyl (C=O) groups excluding carboxylic acids is 2. The monoisotopic (exact) mass is 560 g/mol. The SMILES string of the molecule is Cc1c(Cc2ccc(F)c(C(=O)N3C[C@@H]4C[C@H]3C(=O)N4c3ccccc3)c2)n[nH]c(=O)c1C.O=C(O)C(F)(F)F. The second kappa shape index (κ2) is 10.9. The number of carboxylic acids is 1. The molecule has 13 heteroatoms. The molecule has 2 saturated heterocycles. The fourth-order valence-corrected chi connectivity index (χ4v) is 4.77. The zero-order valence-corrected chi connectivity index (χ0v) is 21.3. The summed E-state index contributed by atoms with van der Waals surface area (Å²) in [6.45, 7) is 3.90. The van der Waals surface area contributed by atoms with E-state index in [1.54, 1.807) is 17.9 Å². The molecule has 1 aromatic heterocycles. The summed E-state index contributed by atoms with van der Waals surface area (Å²) in [6, 6.07) is 13.1.